The molecule has 0 spiro atoms. The molecule has 2 aromatic rings. The molecule has 0 saturated heterocycles. The zero-order chi connectivity index (χ0) is 20.6. The normalized spacial score (nSPS) is 18.2. The minimum atomic E-state index is -3.31. The Morgan fingerprint density at radius 3 is 2.41 bits per heavy atom. The Hall–Kier alpha value is -3.00. The van der Waals surface area contributed by atoms with E-state index in [9.17, 15) is 12.8 Å². The number of hydrogen-bond donors (Lipinski definition) is 0. The van der Waals surface area contributed by atoms with Crippen LogP contribution in [-0.4, -0.2) is 32.3 Å². The van der Waals surface area contributed by atoms with Crippen LogP contribution in [0.15, 0.2) is 73.3 Å². The summed E-state index contributed by atoms with van der Waals surface area (Å²) in [7, 11) is -3.31. The summed E-state index contributed by atoms with van der Waals surface area (Å²) < 4.78 is 38.6. The summed E-state index contributed by atoms with van der Waals surface area (Å²) in [4.78, 5) is 8.85. The molecular formula is C21H19FN4O2S. The zero-order valence-corrected chi connectivity index (χ0v) is 16.8. The van der Waals surface area contributed by atoms with E-state index in [2.05, 4.69) is 20.2 Å². The van der Waals surface area contributed by atoms with Crippen LogP contribution in [0.25, 0.3) is 16.8 Å². The minimum Gasteiger partial charge on any atom is -0.237 e. The monoisotopic (exact) mass is 410 g/mol. The molecule has 29 heavy (non-hydrogen) atoms. The van der Waals surface area contributed by atoms with Crippen LogP contribution in [0.1, 0.15) is 25.8 Å². The van der Waals surface area contributed by atoms with Crippen molar-refractivity contribution in [1.82, 2.24) is 0 Å². The van der Waals surface area contributed by atoms with E-state index in [0.717, 1.165) is 12.1 Å². The van der Waals surface area contributed by atoms with E-state index in [1.807, 2.05) is 6.92 Å². The van der Waals surface area contributed by atoms with Crippen LogP contribution in [0.2, 0.25) is 0 Å². The number of nitrogens with zero attached hydrogens (tertiary/aromatic N) is 4. The molecule has 148 valence electrons. The van der Waals surface area contributed by atoms with Gasteiger partial charge in [-0.3, -0.25) is 0 Å². The first-order chi connectivity index (χ1) is 13.9. The van der Waals surface area contributed by atoms with E-state index < -0.39 is 15.7 Å². The third-order valence-electron chi connectivity index (χ3n) is 4.99. The van der Waals surface area contributed by atoms with Crippen LogP contribution in [-0.2, 0) is 9.84 Å². The number of sulfone groups is 1. The average Bonchev–Trinajstić information content (AvgIpc) is 3.24. The van der Waals surface area contributed by atoms with Crippen molar-refractivity contribution in [2.24, 2.45) is 20.2 Å². The van der Waals surface area contributed by atoms with E-state index in [4.69, 9.17) is 0 Å². The molecule has 2 heterocycles. The van der Waals surface area contributed by atoms with Crippen molar-refractivity contribution in [2.45, 2.75) is 31.2 Å². The summed E-state index contributed by atoms with van der Waals surface area (Å²) in [6.45, 7) is 3.59. The molecule has 0 radical (unpaired) electrons. The maximum atomic E-state index is 14.6. The second kappa shape index (κ2) is 7.44. The number of hydrogen-bond acceptors (Lipinski definition) is 6. The highest BCUT2D eigenvalue weighted by atomic mass is 32.2. The van der Waals surface area contributed by atoms with Crippen LogP contribution in [0, 0.1) is 5.82 Å². The van der Waals surface area contributed by atoms with Crippen molar-refractivity contribution < 1.29 is 12.8 Å². The van der Waals surface area contributed by atoms with Gasteiger partial charge in [-0.2, -0.15) is 10.2 Å². The van der Waals surface area contributed by atoms with E-state index in [0.29, 0.717) is 28.1 Å². The van der Waals surface area contributed by atoms with Gasteiger partial charge in [0.05, 0.1) is 16.4 Å². The lowest BCUT2D eigenvalue weighted by Crippen LogP contribution is -2.21. The Balaban J connectivity index is 1.76. The van der Waals surface area contributed by atoms with E-state index >= 15 is 0 Å². The summed E-state index contributed by atoms with van der Waals surface area (Å²) in [6.07, 6.45) is 2.26. The van der Waals surface area contributed by atoms with Crippen LogP contribution < -0.4 is 0 Å². The third-order valence-corrected chi connectivity index (χ3v) is 6.74. The van der Waals surface area contributed by atoms with Gasteiger partial charge < -0.3 is 0 Å². The van der Waals surface area contributed by atoms with E-state index in [1.165, 1.54) is 24.5 Å². The van der Waals surface area contributed by atoms with Gasteiger partial charge in [-0.1, -0.05) is 26.0 Å². The second-order valence-corrected chi connectivity index (χ2v) is 9.00. The molecule has 0 bridgehead atoms. The van der Waals surface area contributed by atoms with Gasteiger partial charge in [0, 0.05) is 11.1 Å². The van der Waals surface area contributed by atoms with E-state index in [1.54, 1.807) is 31.2 Å². The molecule has 0 fully saturated rings. The smallest absolute Gasteiger partial charge is 0.178 e. The maximum Gasteiger partial charge on any atom is 0.178 e. The number of rotatable bonds is 5. The highest BCUT2D eigenvalue weighted by molar-refractivity contribution is 7.91. The zero-order valence-electron chi connectivity index (χ0n) is 16.0. The lowest BCUT2D eigenvalue weighted by molar-refractivity contribution is 0.597. The highest BCUT2D eigenvalue weighted by Gasteiger charge is 2.28. The molecule has 2 aliphatic heterocycles. The fraction of sp³-hybridized carbons (Fsp3) is 0.238. The number of benzene rings is 2. The quantitative estimate of drug-likeness (QED) is 0.717. The summed E-state index contributed by atoms with van der Waals surface area (Å²) in [5.74, 6) is -0.394. The van der Waals surface area contributed by atoms with Gasteiger partial charge in [-0.15, -0.1) is 0 Å². The number of aliphatic imine (C=N–C) groups is 2. The molecule has 4 rings (SSSR count). The molecule has 1 unspecified atom stereocenters. The van der Waals surface area contributed by atoms with Crippen LogP contribution in [0.4, 0.5) is 4.39 Å². The number of azo groups is 1. The predicted octanol–water partition coefficient (Wildman–Crippen LogP) is 4.68. The average molecular weight is 410 g/mol. The van der Waals surface area contributed by atoms with Gasteiger partial charge in [0.25, 0.3) is 0 Å². The molecule has 0 N–H and O–H groups in total. The maximum absolute atomic E-state index is 14.6. The first-order valence-corrected chi connectivity index (χ1v) is 11.0. The minimum absolute atomic E-state index is 0.0152. The Bertz CT molecular complexity index is 1200. The molecule has 0 aliphatic carbocycles. The van der Waals surface area contributed by atoms with Gasteiger partial charge in [-0.05, 0) is 42.3 Å². The van der Waals surface area contributed by atoms with Crippen molar-refractivity contribution in [3.8, 4) is 11.1 Å². The lowest BCUT2D eigenvalue weighted by Gasteiger charge is -2.17. The fourth-order valence-corrected chi connectivity index (χ4v) is 4.19. The number of fused-ring (bicyclic) bond motifs is 1. The fourth-order valence-electron chi connectivity index (χ4n) is 3.30. The van der Waals surface area contributed by atoms with Crippen molar-refractivity contribution in [2.75, 3.05) is 5.75 Å². The van der Waals surface area contributed by atoms with Gasteiger partial charge in [-0.25, -0.2) is 22.8 Å². The summed E-state index contributed by atoms with van der Waals surface area (Å²) >= 11 is 0. The summed E-state index contributed by atoms with van der Waals surface area (Å²) in [5.41, 5.74) is 3.59. The molecule has 8 heteroatoms. The van der Waals surface area contributed by atoms with Crippen LogP contribution in [0.5, 0.6) is 0 Å². The SMILES string of the molecule is CCC1N=NC(c2ccc(F)c(-c3ccc(S(=O)(=O)CC)cc3)c2)=C2N=CN=C21. The molecule has 1 atom stereocenters. The Labute approximate surface area is 168 Å². The largest absolute Gasteiger partial charge is 0.237 e. The third kappa shape index (κ3) is 3.44. The first kappa shape index (κ1) is 19.3. The Kier molecular flexibility index (Phi) is 4.96. The van der Waals surface area contributed by atoms with Crippen molar-refractivity contribution in [3.63, 3.8) is 0 Å². The van der Waals surface area contributed by atoms with Gasteiger partial charge in [0.1, 0.15) is 29.6 Å². The summed E-state index contributed by atoms with van der Waals surface area (Å²) in [6, 6.07) is 10.8. The topological polar surface area (TPSA) is 83.6 Å². The Morgan fingerprint density at radius 2 is 1.72 bits per heavy atom. The highest BCUT2D eigenvalue weighted by Crippen LogP contribution is 2.34. The molecule has 0 saturated carbocycles. The van der Waals surface area contributed by atoms with Crippen LogP contribution in [0.3, 0.4) is 0 Å². The molecule has 0 amide bonds. The molecule has 2 aromatic carbocycles. The van der Waals surface area contributed by atoms with Gasteiger partial charge in [0.15, 0.2) is 9.84 Å². The predicted molar refractivity (Wildman–Crippen MR) is 111 cm³/mol. The Morgan fingerprint density at radius 1 is 1.00 bits per heavy atom. The number of halogens is 1. The molecule has 0 aromatic heterocycles. The van der Waals surface area contributed by atoms with Crippen LogP contribution >= 0.6 is 0 Å². The second-order valence-electron chi connectivity index (χ2n) is 6.72. The molecule has 6 nitrogen and oxygen atoms in total. The van der Waals surface area contributed by atoms with Crippen molar-refractivity contribution in [3.05, 3.63) is 59.5 Å². The summed E-state index contributed by atoms with van der Waals surface area (Å²) in [5, 5.41) is 8.64. The molecular weight excluding hydrogens is 391 g/mol. The van der Waals surface area contributed by atoms with Gasteiger partial charge in [0.2, 0.25) is 0 Å². The standard InChI is InChI=1S/C21H19FN4O2S/c1-3-18-20-21(24-12-23-20)19(26-25-18)14-7-10-17(22)16(11-14)13-5-8-15(9-6-13)29(27,28)4-2/h5-12,18H,3-4H2,1-2H3. The van der Waals surface area contributed by atoms with E-state index in [-0.39, 0.29) is 16.7 Å². The van der Waals surface area contributed by atoms with Gasteiger partial charge >= 0.3 is 0 Å². The van der Waals surface area contributed by atoms with Crippen molar-refractivity contribution in [1.29, 1.82) is 0 Å². The first-order valence-electron chi connectivity index (χ1n) is 9.33. The van der Waals surface area contributed by atoms with Crippen molar-refractivity contribution >= 4 is 27.6 Å². The molecule has 2 aliphatic rings. The lowest BCUT2D eigenvalue weighted by atomic mass is 9.98.